The highest BCUT2D eigenvalue weighted by Crippen LogP contribution is 2.32. The summed E-state index contributed by atoms with van der Waals surface area (Å²) in [4.78, 5) is 10.6. The number of benzene rings is 1. The molecule has 0 amide bonds. The Morgan fingerprint density at radius 3 is 2.74 bits per heavy atom. The zero-order valence-electron chi connectivity index (χ0n) is 11.5. The number of hydrogen-bond acceptors (Lipinski definition) is 3. The molecule has 106 valence electrons. The van der Waals surface area contributed by atoms with Crippen LogP contribution in [0.5, 0.6) is 0 Å². The van der Waals surface area contributed by atoms with Crippen LogP contribution in [0.15, 0.2) is 18.2 Å². The van der Waals surface area contributed by atoms with Crippen LogP contribution in [-0.4, -0.2) is 11.0 Å². The maximum atomic E-state index is 11.0. The summed E-state index contributed by atoms with van der Waals surface area (Å²) in [5.41, 5.74) is 0.463. The van der Waals surface area contributed by atoms with Crippen molar-refractivity contribution in [2.45, 2.75) is 52.0 Å². The van der Waals surface area contributed by atoms with E-state index in [4.69, 9.17) is 11.6 Å². The van der Waals surface area contributed by atoms with Gasteiger partial charge in [-0.2, -0.15) is 0 Å². The topological polar surface area (TPSA) is 55.2 Å². The summed E-state index contributed by atoms with van der Waals surface area (Å²) in [5, 5.41) is 14.4. The fourth-order valence-corrected chi connectivity index (χ4v) is 2.28. The number of halogens is 1. The van der Waals surface area contributed by atoms with Crippen LogP contribution in [0.1, 0.15) is 46.0 Å². The molecule has 0 bridgehead atoms. The first-order valence-corrected chi connectivity index (χ1v) is 7.13. The zero-order valence-corrected chi connectivity index (χ0v) is 12.2. The number of para-hydroxylation sites is 1. The lowest BCUT2D eigenvalue weighted by molar-refractivity contribution is -0.383. The number of unbranched alkanes of at least 4 members (excludes halogenated alkanes) is 3. The Labute approximate surface area is 119 Å². The number of rotatable bonds is 8. The molecule has 5 heteroatoms. The number of nitro groups is 1. The Balaban J connectivity index is 2.61. The van der Waals surface area contributed by atoms with Gasteiger partial charge in [0.15, 0.2) is 0 Å². The van der Waals surface area contributed by atoms with Crippen LogP contribution in [0.25, 0.3) is 0 Å². The van der Waals surface area contributed by atoms with E-state index in [1.54, 1.807) is 12.1 Å². The summed E-state index contributed by atoms with van der Waals surface area (Å²) in [7, 11) is 0. The van der Waals surface area contributed by atoms with E-state index in [1.807, 2.05) is 6.92 Å². The van der Waals surface area contributed by atoms with Gasteiger partial charge in [0.2, 0.25) is 0 Å². The molecule has 0 aliphatic heterocycles. The van der Waals surface area contributed by atoms with Gasteiger partial charge in [-0.15, -0.1) is 0 Å². The highest BCUT2D eigenvalue weighted by Gasteiger charge is 2.19. The van der Waals surface area contributed by atoms with E-state index in [1.165, 1.54) is 25.3 Å². The Hall–Kier alpha value is -1.29. The van der Waals surface area contributed by atoms with Crippen molar-refractivity contribution < 1.29 is 4.92 Å². The van der Waals surface area contributed by atoms with Gasteiger partial charge in [-0.1, -0.05) is 50.3 Å². The van der Waals surface area contributed by atoms with Crippen LogP contribution < -0.4 is 5.32 Å². The molecule has 1 rings (SSSR count). The predicted molar refractivity (Wildman–Crippen MR) is 80.0 cm³/mol. The van der Waals surface area contributed by atoms with Gasteiger partial charge < -0.3 is 5.32 Å². The lowest BCUT2D eigenvalue weighted by Crippen LogP contribution is -2.16. The smallest absolute Gasteiger partial charge is 0.310 e. The van der Waals surface area contributed by atoms with Gasteiger partial charge in [-0.3, -0.25) is 10.1 Å². The van der Waals surface area contributed by atoms with Gasteiger partial charge in [0, 0.05) is 6.04 Å². The Morgan fingerprint density at radius 2 is 2.11 bits per heavy atom. The maximum absolute atomic E-state index is 11.0. The molecule has 0 fully saturated rings. The van der Waals surface area contributed by atoms with Crippen LogP contribution in [-0.2, 0) is 0 Å². The van der Waals surface area contributed by atoms with Gasteiger partial charge in [0.05, 0.1) is 4.92 Å². The Morgan fingerprint density at radius 1 is 1.37 bits per heavy atom. The van der Waals surface area contributed by atoms with Gasteiger partial charge >= 0.3 is 5.69 Å². The average Bonchev–Trinajstić information content (AvgIpc) is 2.34. The lowest BCUT2D eigenvalue weighted by atomic mass is 10.1. The molecule has 0 radical (unpaired) electrons. The molecular formula is C14H21ClN2O2. The van der Waals surface area contributed by atoms with Gasteiger partial charge in [0.1, 0.15) is 10.7 Å². The predicted octanol–water partition coefficient (Wildman–Crippen LogP) is 5.02. The van der Waals surface area contributed by atoms with Crippen LogP contribution >= 0.6 is 11.6 Å². The van der Waals surface area contributed by atoms with E-state index in [0.717, 1.165) is 12.8 Å². The Bertz CT molecular complexity index is 424. The van der Waals surface area contributed by atoms with Gasteiger partial charge in [0.25, 0.3) is 0 Å². The molecule has 4 nitrogen and oxygen atoms in total. The van der Waals surface area contributed by atoms with Crippen molar-refractivity contribution in [2.24, 2.45) is 0 Å². The second-order valence-corrected chi connectivity index (χ2v) is 5.20. The molecule has 0 saturated heterocycles. The fraction of sp³-hybridized carbons (Fsp3) is 0.571. The van der Waals surface area contributed by atoms with Crippen LogP contribution in [0.3, 0.4) is 0 Å². The molecule has 0 saturated carbocycles. The highest BCUT2D eigenvalue weighted by atomic mass is 35.5. The van der Waals surface area contributed by atoms with Crippen molar-refractivity contribution in [3.05, 3.63) is 33.3 Å². The number of hydrogen-bond donors (Lipinski definition) is 1. The number of nitro benzene ring substituents is 1. The molecule has 1 atom stereocenters. The molecule has 0 aliphatic carbocycles. The summed E-state index contributed by atoms with van der Waals surface area (Å²) in [5.74, 6) is 0. The largest absolute Gasteiger partial charge is 0.377 e. The summed E-state index contributed by atoms with van der Waals surface area (Å²) in [6.45, 7) is 4.22. The third-order valence-corrected chi connectivity index (χ3v) is 3.37. The van der Waals surface area contributed by atoms with E-state index in [-0.39, 0.29) is 16.8 Å². The minimum atomic E-state index is -0.436. The summed E-state index contributed by atoms with van der Waals surface area (Å²) in [6, 6.07) is 5.17. The first-order chi connectivity index (χ1) is 9.06. The van der Waals surface area contributed by atoms with Crippen LogP contribution in [0, 0.1) is 10.1 Å². The van der Waals surface area contributed by atoms with Gasteiger partial charge in [-0.05, 0) is 25.5 Å². The van der Waals surface area contributed by atoms with E-state index >= 15 is 0 Å². The molecule has 0 aromatic heterocycles. The van der Waals surface area contributed by atoms with E-state index < -0.39 is 4.92 Å². The summed E-state index contributed by atoms with van der Waals surface area (Å²) < 4.78 is 0. The van der Waals surface area contributed by atoms with Crippen molar-refractivity contribution in [2.75, 3.05) is 5.32 Å². The number of nitrogens with one attached hydrogen (secondary N) is 1. The second-order valence-electron chi connectivity index (χ2n) is 4.79. The normalized spacial score (nSPS) is 12.2. The minimum absolute atomic E-state index is 0.0374. The van der Waals surface area contributed by atoms with Crippen molar-refractivity contribution in [1.29, 1.82) is 0 Å². The third kappa shape index (κ3) is 5.07. The quantitative estimate of drug-likeness (QED) is 0.414. The third-order valence-electron chi connectivity index (χ3n) is 3.06. The molecule has 0 aliphatic rings. The van der Waals surface area contributed by atoms with Crippen LogP contribution in [0.2, 0.25) is 5.02 Å². The molecule has 1 unspecified atom stereocenters. The first kappa shape index (κ1) is 15.8. The van der Waals surface area contributed by atoms with Crippen LogP contribution in [0.4, 0.5) is 11.4 Å². The molecule has 0 heterocycles. The zero-order chi connectivity index (χ0) is 14.3. The molecule has 1 aromatic rings. The standard InChI is InChI=1S/C14H21ClN2O2/c1-3-4-5-6-8-11(2)16-13-10-7-9-12(15)14(13)17(18)19/h7,9-11,16H,3-6,8H2,1-2H3. The van der Waals surface area contributed by atoms with Crippen molar-refractivity contribution in [1.82, 2.24) is 0 Å². The van der Waals surface area contributed by atoms with E-state index in [2.05, 4.69) is 12.2 Å². The Kier molecular flexibility index (Phi) is 6.64. The summed E-state index contributed by atoms with van der Waals surface area (Å²) >= 11 is 5.87. The molecule has 19 heavy (non-hydrogen) atoms. The SMILES string of the molecule is CCCCCCC(C)Nc1cccc(Cl)c1[N+](=O)[O-]. The minimum Gasteiger partial charge on any atom is -0.377 e. The number of nitrogens with zero attached hydrogens (tertiary/aromatic N) is 1. The van der Waals surface area contributed by atoms with E-state index in [9.17, 15) is 10.1 Å². The maximum Gasteiger partial charge on any atom is 0.310 e. The fourth-order valence-electron chi connectivity index (χ4n) is 2.03. The molecule has 0 spiro atoms. The first-order valence-electron chi connectivity index (χ1n) is 6.75. The molecule has 1 aromatic carbocycles. The monoisotopic (exact) mass is 284 g/mol. The highest BCUT2D eigenvalue weighted by molar-refractivity contribution is 6.33. The average molecular weight is 285 g/mol. The molecule has 1 N–H and O–H groups in total. The van der Waals surface area contributed by atoms with Gasteiger partial charge in [-0.25, -0.2) is 0 Å². The van der Waals surface area contributed by atoms with Crippen molar-refractivity contribution >= 4 is 23.0 Å². The van der Waals surface area contributed by atoms with Crippen molar-refractivity contribution in [3.63, 3.8) is 0 Å². The summed E-state index contributed by atoms with van der Waals surface area (Å²) in [6.07, 6.45) is 5.80. The lowest BCUT2D eigenvalue weighted by Gasteiger charge is -2.15. The van der Waals surface area contributed by atoms with E-state index in [0.29, 0.717) is 5.69 Å². The second kappa shape index (κ2) is 8.00. The van der Waals surface area contributed by atoms with Crippen molar-refractivity contribution in [3.8, 4) is 0 Å². The molecular weight excluding hydrogens is 264 g/mol. The number of anilines is 1.